The molecule has 0 saturated carbocycles. The lowest BCUT2D eigenvalue weighted by atomic mass is 10.3. The van der Waals surface area contributed by atoms with Crippen LogP contribution < -0.4 is 5.73 Å². The van der Waals surface area contributed by atoms with Crippen LogP contribution in [-0.4, -0.2) is 0 Å². The second-order valence-electron chi connectivity index (χ2n) is 1.63. The third-order valence-electron chi connectivity index (χ3n) is 0.920. The first-order chi connectivity index (χ1) is 4.20. The predicted molar refractivity (Wildman–Crippen MR) is 39.2 cm³/mol. The minimum absolute atomic E-state index is 0.379. The summed E-state index contributed by atoms with van der Waals surface area (Å²) >= 11 is 11.1. The number of rotatable bonds is 0. The highest BCUT2D eigenvalue weighted by Gasteiger charge is 1.94. The average molecular weight is 161 g/mol. The summed E-state index contributed by atoms with van der Waals surface area (Å²) in [6, 6.07) is 4.70. The Morgan fingerprint density at radius 1 is 1.11 bits per heavy atom. The molecular weight excluding hydrogens is 157 g/mol. The van der Waals surface area contributed by atoms with Crippen LogP contribution in [0.25, 0.3) is 0 Å². The van der Waals surface area contributed by atoms with E-state index in [0.29, 0.717) is 15.7 Å². The van der Waals surface area contributed by atoms with E-state index >= 15 is 0 Å². The van der Waals surface area contributed by atoms with Gasteiger partial charge in [0.25, 0.3) is 0 Å². The van der Waals surface area contributed by atoms with Gasteiger partial charge in [0.1, 0.15) is 0 Å². The van der Waals surface area contributed by atoms with Gasteiger partial charge < -0.3 is 5.73 Å². The monoisotopic (exact) mass is 160 g/mol. The zero-order chi connectivity index (χ0) is 6.85. The molecule has 1 radical (unpaired) electrons. The fraction of sp³-hybridized carbons (Fsp3) is 0. The van der Waals surface area contributed by atoms with Crippen molar-refractivity contribution in [1.82, 2.24) is 5.73 Å². The van der Waals surface area contributed by atoms with Gasteiger partial charge in [0.15, 0.2) is 0 Å². The summed E-state index contributed by atoms with van der Waals surface area (Å²) in [6.07, 6.45) is 0. The Morgan fingerprint density at radius 2 is 1.78 bits per heavy atom. The summed E-state index contributed by atoms with van der Waals surface area (Å²) in [4.78, 5) is 0. The lowest BCUT2D eigenvalue weighted by Gasteiger charge is -1.93. The maximum atomic E-state index is 7.09. The summed E-state index contributed by atoms with van der Waals surface area (Å²) in [7, 11) is 0. The van der Waals surface area contributed by atoms with Crippen LogP contribution in [0.3, 0.4) is 0 Å². The molecule has 1 nitrogen and oxygen atoms in total. The van der Waals surface area contributed by atoms with Gasteiger partial charge in [-0.3, -0.25) is 0 Å². The Labute approximate surface area is 63.4 Å². The average Bonchev–Trinajstić information content (AvgIpc) is 1.80. The summed E-state index contributed by atoms with van der Waals surface area (Å²) in [5.41, 5.74) is 7.47. The number of nitrogens with one attached hydrogen (secondary N) is 1. The van der Waals surface area contributed by atoms with Gasteiger partial charge in [-0.05, 0) is 18.2 Å². The molecule has 1 aromatic carbocycles. The smallest absolute Gasteiger partial charge is 0.0613 e. The number of benzene rings is 1. The molecule has 0 saturated heterocycles. The fourth-order valence-corrected chi connectivity index (χ4v) is 0.794. The minimum Gasteiger partial charge on any atom is -0.301 e. The molecule has 0 aliphatic rings. The standard InChI is InChI=1S/C6H4Cl2N/c7-5-2-1-4(9)3-6(5)8/h1-3,9H. The molecule has 0 unspecified atom stereocenters. The van der Waals surface area contributed by atoms with Crippen LogP contribution >= 0.6 is 23.2 Å². The van der Waals surface area contributed by atoms with E-state index in [9.17, 15) is 0 Å². The molecule has 0 aliphatic heterocycles. The predicted octanol–water partition coefficient (Wildman–Crippen LogP) is 2.91. The van der Waals surface area contributed by atoms with E-state index in [1.807, 2.05) is 0 Å². The van der Waals surface area contributed by atoms with Crippen LogP contribution in [0.15, 0.2) is 18.2 Å². The first kappa shape index (κ1) is 6.72. The molecule has 0 bridgehead atoms. The van der Waals surface area contributed by atoms with Gasteiger partial charge in [-0.2, -0.15) is 0 Å². The normalized spacial score (nSPS) is 9.56. The highest BCUT2D eigenvalue weighted by molar-refractivity contribution is 6.42. The van der Waals surface area contributed by atoms with Crippen molar-refractivity contribution in [2.75, 3.05) is 0 Å². The zero-order valence-electron chi connectivity index (χ0n) is 4.49. The third-order valence-corrected chi connectivity index (χ3v) is 1.66. The van der Waals surface area contributed by atoms with Crippen molar-refractivity contribution < 1.29 is 0 Å². The van der Waals surface area contributed by atoms with Crippen LogP contribution in [0, 0.1) is 0 Å². The van der Waals surface area contributed by atoms with E-state index in [1.54, 1.807) is 12.1 Å². The van der Waals surface area contributed by atoms with Crippen molar-refractivity contribution in [2.45, 2.75) is 0 Å². The van der Waals surface area contributed by atoms with Gasteiger partial charge in [-0.15, -0.1) is 0 Å². The molecule has 0 aliphatic carbocycles. The molecule has 0 heterocycles. The Balaban J connectivity index is 3.17. The first-order valence-corrected chi connectivity index (χ1v) is 3.12. The Morgan fingerprint density at radius 3 is 2.22 bits per heavy atom. The van der Waals surface area contributed by atoms with Crippen molar-refractivity contribution >= 4 is 28.9 Å². The van der Waals surface area contributed by atoms with Crippen molar-refractivity contribution in [2.24, 2.45) is 0 Å². The van der Waals surface area contributed by atoms with E-state index in [1.165, 1.54) is 6.07 Å². The molecule has 0 atom stereocenters. The summed E-state index contributed by atoms with van der Waals surface area (Å²) < 4.78 is 0. The topological polar surface area (TPSA) is 23.8 Å². The van der Waals surface area contributed by atoms with Crippen LogP contribution in [0.1, 0.15) is 0 Å². The van der Waals surface area contributed by atoms with E-state index in [4.69, 9.17) is 28.9 Å². The molecule has 0 spiro atoms. The molecule has 0 amide bonds. The Kier molecular flexibility index (Phi) is 1.84. The highest BCUT2D eigenvalue weighted by Crippen LogP contribution is 2.23. The van der Waals surface area contributed by atoms with Gasteiger partial charge in [0.2, 0.25) is 0 Å². The lowest BCUT2D eigenvalue weighted by molar-refractivity contribution is 1.49. The summed E-state index contributed by atoms with van der Waals surface area (Å²) in [6.45, 7) is 0. The molecule has 1 rings (SSSR count). The van der Waals surface area contributed by atoms with E-state index in [2.05, 4.69) is 0 Å². The van der Waals surface area contributed by atoms with E-state index < -0.39 is 0 Å². The maximum Gasteiger partial charge on any atom is 0.0613 e. The zero-order valence-corrected chi connectivity index (χ0v) is 6.00. The molecule has 3 heteroatoms. The van der Waals surface area contributed by atoms with Crippen molar-refractivity contribution in [3.8, 4) is 0 Å². The van der Waals surface area contributed by atoms with Crippen molar-refractivity contribution in [3.63, 3.8) is 0 Å². The molecule has 1 aromatic rings. The third kappa shape index (κ3) is 1.50. The van der Waals surface area contributed by atoms with Crippen LogP contribution in [0.5, 0.6) is 0 Å². The maximum absolute atomic E-state index is 7.09. The number of hydrogen-bond acceptors (Lipinski definition) is 0. The van der Waals surface area contributed by atoms with Gasteiger partial charge in [-0.25, -0.2) is 0 Å². The molecule has 47 valence electrons. The fourth-order valence-electron chi connectivity index (χ4n) is 0.496. The van der Waals surface area contributed by atoms with Gasteiger partial charge in [-0.1, -0.05) is 23.2 Å². The minimum atomic E-state index is 0.379. The Hall–Kier alpha value is -0.400. The number of hydrogen-bond donors (Lipinski definition) is 0. The second-order valence-corrected chi connectivity index (χ2v) is 2.44. The SMILES string of the molecule is [NH]c1ccc(Cl)c(Cl)c1. The van der Waals surface area contributed by atoms with Gasteiger partial charge in [0, 0.05) is 0 Å². The molecule has 0 aromatic heterocycles. The first-order valence-electron chi connectivity index (χ1n) is 2.37. The lowest BCUT2D eigenvalue weighted by Crippen LogP contribution is -1.69. The number of halogens is 2. The van der Waals surface area contributed by atoms with Crippen molar-refractivity contribution in [3.05, 3.63) is 28.2 Å². The largest absolute Gasteiger partial charge is 0.301 e. The van der Waals surface area contributed by atoms with Crippen LogP contribution in [0.2, 0.25) is 10.0 Å². The molecule has 9 heavy (non-hydrogen) atoms. The second kappa shape index (κ2) is 2.46. The summed E-state index contributed by atoms with van der Waals surface area (Å²) in [5.74, 6) is 0. The highest BCUT2D eigenvalue weighted by atomic mass is 35.5. The molecule has 0 fully saturated rings. The molecule has 1 N–H and O–H groups in total. The van der Waals surface area contributed by atoms with Crippen LogP contribution in [-0.2, 0) is 0 Å². The Bertz CT molecular complexity index is 222. The molecular formula is C6H4Cl2N. The van der Waals surface area contributed by atoms with Gasteiger partial charge >= 0.3 is 0 Å². The van der Waals surface area contributed by atoms with Gasteiger partial charge in [0.05, 0.1) is 15.7 Å². The summed E-state index contributed by atoms with van der Waals surface area (Å²) in [5, 5.41) is 0.928. The van der Waals surface area contributed by atoms with E-state index in [-0.39, 0.29) is 0 Å². The van der Waals surface area contributed by atoms with Crippen molar-refractivity contribution in [1.29, 1.82) is 0 Å². The van der Waals surface area contributed by atoms with Crippen LogP contribution in [0.4, 0.5) is 5.69 Å². The quantitative estimate of drug-likeness (QED) is 0.558. The van der Waals surface area contributed by atoms with E-state index in [0.717, 1.165) is 0 Å².